The van der Waals surface area contributed by atoms with E-state index in [0.29, 0.717) is 0 Å². The van der Waals surface area contributed by atoms with Crippen molar-refractivity contribution in [2.75, 3.05) is 26.2 Å². The smallest absolute Gasteiger partial charge is 0.0282 e. The van der Waals surface area contributed by atoms with Crippen LogP contribution in [0, 0.1) is 0 Å². The Morgan fingerprint density at radius 2 is 1.93 bits per heavy atom. The van der Waals surface area contributed by atoms with Crippen LogP contribution in [0.15, 0.2) is 12.2 Å². The van der Waals surface area contributed by atoms with E-state index in [1.807, 2.05) is 0 Å². The monoisotopic (exact) mass is 206 g/mol. The second-order valence-corrected chi connectivity index (χ2v) is 5.25. The van der Waals surface area contributed by atoms with Crippen LogP contribution in [0.5, 0.6) is 0 Å². The van der Waals surface area contributed by atoms with Gasteiger partial charge in [0.05, 0.1) is 0 Å². The van der Waals surface area contributed by atoms with Gasteiger partial charge in [-0.05, 0) is 45.2 Å². The quantitative estimate of drug-likeness (QED) is 0.651. The maximum Gasteiger partial charge on any atom is 0.0282 e. The fourth-order valence-corrected chi connectivity index (χ4v) is 3.43. The number of nitrogens with zero attached hydrogens (tertiary/aromatic N) is 2. The Kier molecular flexibility index (Phi) is 2.80. The standard InChI is InChI=1S/C13H22N2/c1-2-9-14(8-1)10-11-15-12-4-3-5-13(15)7-6-12/h3-4,12-13H,1-2,5-11H2. The first kappa shape index (κ1) is 9.86. The molecule has 84 valence electrons. The van der Waals surface area contributed by atoms with Crippen molar-refractivity contribution < 1.29 is 0 Å². The first-order valence-electron chi connectivity index (χ1n) is 6.58. The predicted octanol–water partition coefficient (Wildman–Crippen LogP) is 1.88. The van der Waals surface area contributed by atoms with Crippen LogP contribution in [0.3, 0.4) is 0 Å². The third-order valence-corrected chi connectivity index (χ3v) is 4.33. The van der Waals surface area contributed by atoms with Crippen LogP contribution in [0.4, 0.5) is 0 Å². The van der Waals surface area contributed by atoms with E-state index in [1.165, 1.54) is 58.3 Å². The van der Waals surface area contributed by atoms with Crippen molar-refractivity contribution in [3.05, 3.63) is 12.2 Å². The molecule has 3 rings (SSSR count). The van der Waals surface area contributed by atoms with Gasteiger partial charge in [-0.3, -0.25) is 4.90 Å². The number of hydrogen-bond acceptors (Lipinski definition) is 2. The van der Waals surface area contributed by atoms with Crippen LogP contribution in [0.1, 0.15) is 32.1 Å². The zero-order valence-corrected chi connectivity index (χ0v) is 9.57. The lowest BCUT2D eigenvalue weighted by Gasteiger charge is -2.32. The average molecular weight is 206 g/mol. The Labute approximate surface area is 92.9 Å². The minimum absolute atomic E-state index is 0.784. The molecule has 0 N–H and O–H groups in total. The molecule has 3 aliphatic rings. The summed E-state index contributed by atoms with van der Waals surface area (Å²) in [6.45, 7) is 5.30. The fourth-order valence-electron chi connectivity index (χ4n) is 3.43. The number of rotatable bonds is 3. The summed E-state index contributed by atoms with van der Waals surface area (Å²) in [5.74, 6) is 0. The van der Waals surface area contributed by atoms with Crippen LogP contribution in [-0.2, 0) is 0 Å². The molecule has 0 aromatic rings. The van der Waals surface area contributed by atoms with E-state index in [-0.39, 0.29) is 0 Å². The van der Waals surface area contributed by atoms with Gasteiger partial charge in [0.15, 0.2) is 0 Å². The third kappa shape index (κ3) is 1.98. The van der Waals surface area contributed by atoms with E-state index in [2.05, 4.69) is 22.0 Å². The molecule has 2 fully saturated rings. The highest BCUT2D eigenvalue weighted by Crippen LogP contribution is 2.31. The maximum absolute atomic E-state index is 2.75. The van der Waals surface area contributed by atoms with Crippen molar-refractivity contribution in [3.8, 4) is 0 Å². The third-order valence-electron chi connectivity index (χ3n) is 4.33. The highest BCUT2D eigenvalue weighted by atomic mass is 15.2. The van der Waals surface area contributed by atoms with Crippen molar-refractivity contribution in [1.29, 1.82) is 0 Å². The van der Waals surface area contributed by atoms with Gasteiger partial charge in [-0.2, -0.15) is 0 Å². The maximum atomic E-state index is 2.75. The summed E-state index contributed by atoms with van der Waals surface area (Å²) >= 11 is 0. The van der Waals surface area contributed by atoms with Crippen LogP contribution in [0.25, 0.3) is 0 Å². The Bertz CT molecular complexity index is 243. The average Bonchev–Trinajstić information content (AvgIpc) is 2.82. The molecule has 15 heavy (non-hydrogen) atoms. The van der Waals surface area contributed by atoms with Crippen molar-refractivity contribution >= 4 is 0 Å². The van der Waals surface area contributed by atoms with Gasteiger partial charge in [0.25, 0.3) is 0 Å². The molecule has 2 bridgehead atoms. The van der Waals surface area contributed by atoms with Gasteiger partial charge in [-0.1, -0.05) is 12.2 Å². The SMILES string of the molecule is C1=CC2CCC(C1)N2CCN1CCCC1. The topological polar surface area (TPSA) is 6.48 Å². The number of hydrogen-bond donors (Lipinski definition) is 0. The molecule has 0 aromatic heterocycles. The molecule has 2 saturated heterocycles. The van der Waals surface area contributed by atoms with Gasteiger partial charge in [0.1, 0.15) is 0 Å². The second-order valence-electron chi connectivity index (χ2n) is 5.25. The normalized spacial score (nSPS) is 36.5. The van der Waals surface area contributed by atoms with E-state index in [4.69, 9.17) is 0 Å². The van der Waals surface area contributed by atoms with E-state index in [1.54, 1.807) is 0 Å². The lowest BCUT2D eigenvalue weighted by Crippen LogP contribution is -2.42. The Morgan fingerprint density at radius 3 is 2.73 bits per heavy atom. The molecule has 0 radical (unpaired) electrons. The van der Waals surface area contributed by atoms with Crippen LogP contribution in [-0.4, -0.2) is 48.1 Å². The zero-order valence-electron chi connectivity index (χ0n) is 9.57. The summed E-state index contributed by atoms with van der Waals surface area (Å²) in [7, 11) is 0. The van der Waals surface area contributed by atoms with Crippen LogP contribution < -0.4 is 0 Å². The summed E-state index contributed by atoms with van der Waals surface area (Å²) in [5, 5.41) is 0. The molecule has 0 aliphatic carbocycles. The first-order valence-corrected chi connectivity index (χ1v) is 6.58. The largest absolute Gasteiger partial charge is 0.302 e. The molecule has 3 heterocycles. The van der Waals surface area contributed by atoms with Crippen molar-refractivity contribution in [2.45, 2.75) is 44.2 Å². The minimum atomic E-state index is 0.784. The summed E-state index contributed by atoms with van der Waals surface area (Å²) in [6, 6.07) is 1.66. The van der Waals surface area contributed by atoms with Crippen molar-refractivity contribution in [1.82, 2.24) is 9.80 Å². The second kappa shape index (κ2) is 4.26. The molecule has 2 heteroatoms. The lowest BCUT2D eigenvalue weighted by atomic mass is 10.1. The van der Waals surface area contributed by atoms with E-state index in [9.17, 15) is 0 Å². The van der Waals surface area contributed by atoms with Gasteiger partial charge >= 0.3 is 0 Å². The van der Waals surface area contributed by atoms with Gasteiger partial charge in [0, 0.05) is 25.2 Å². The number of fused-ring (bicyclic) bond motifs is 2. The highest BCUT2D eigenvalue weighted by molar-refractivity contribution is 5.08. The fraction of sp³-hybridized carbons (Fsp3) is 0.846. The minimum Gasteiger partial charge on any atom is -0.302 e. The van der Waals surface area contributed by atoms with Gasteiger partial charge in [0.2, 0.25) is 0 Å². The molecular formula is C13H22N2. The molecule has 3 aliphatic heterocycles. The molecule has 0 saturated carbocycles. The van der Waals surface area contributed by atoms with Gasteiger partial charge in [-0.25, -0.2) is 0 Å². The number of likely N-dealkylation sites (tertiary alicyclic amines) is 1. The first-order chi connectivity index (χ1) is 7.43. The van der Waals surface area contributed by atoms with Crippen molar-refractivity contribution in [2.24, 2.45) is 0 Å². The van der Waals surface area contributed by atoms with Crippen LogP contribution in [0.2, 0.25) is 0 Å². The van der Waals surface area contributed by atoms with Gasteiger partial charge in [-0.15, -0.1) is 0 Å². The molecule has 2 atom stereocenters. The Morgan fingerprint density at radius 1 is 1.07 bits per heavy atom. The summed E-state index contributed by atoms with van der Waals surface area (Å²) in [5.41, 5.74) is 0. The van der Waals surface area contributed by atoms with E-state index in [0.717, 1.165) is 12.1 Å². The van der Waals surface area contributed by atoms with Crippen molar-refractivity contribution in [3.63, 3.8) is 0 Å². The zero-order chi connectivity index (χ0) is 10.1. The molecule has 0 amide bonds. The lowest BCUT2D eigenvalue weighted by molar-refractivity contribution is 0.179. The predicted molar refractivity (Wildman–Crippen MR) is 62.9 cm³/mol. The highest BCUT2D eigenvalue weighted by Gasteiger charge is 2.33. The Balaban J connectivity index is 1.52. The summed E-state index contributed by atoms with van der Waals surface area (Å²) in [6.07, 6.45) is 11.8. The molecule has 2 unspecified atom stereocenters. The molecule has 0 spiro atoms. The summed E-state index contributed by atoms with van der Waals surface area (Å²) < 4.78 is 0. The van der Waals surface area contributed by atoms with E-state index < -0.39 is 0 Å². The van der Waals surface area contributed by atoms with E-state index >= 15 is 0 Å². The molecule has 2 nitrogen and oxygen atoms in total. The molecular weight excluding hydrogens is 184 g/mol. The van der Waals surface area contributed by atoms with Gasteiger partial charge < -0.3 is 4.90 Å². The van der Waals surface area contributed by atoms with Crippen LogP contribution >= 0.6 is 0 Å². The summed E-state index contributed by atoms with van der Waals surface area (Å²) in [4.78, 5) is 5.38. The molecule has 0 aromatic carbocycles. The Hall–Kier alpha value is -0.340.